The number of nitrogens with one attached hydrogen (secondary N) is 2. The highest BCUT2D eigenvalue weighted by atomic mass is 16.5. The van der Waals surface area contributed by atoms with Gasteiger partial charge in [0.25, 0.3) is 0 Å². The van der Waals surface area contributed by atoms with E-state index in [0.29, 0.717) is 12.1 Å². The molecule has 0 heterocycles. The molecule has 0 radical (unpaired) electrons. The first-order valence-electron chi connectivity index (χ1n) is 7.84. The Hall–Kier alpha value is -2.82. The normalized spacial score (nSPS) is 11.4. The number of benzene rings is 2. The Labute approximate surface area is 142 Å². The molecule has 2 aromatic rings. The van der Waals surface area contributed by atoms with Crippen LogP contribution in [0.3, 0.4) is 0 Å². The van der Waals surface area contributed by atoms with Crippen LogP contribution < -0.4 is 15.4 Å². The van der Waals surface area contributed by atoms with Crippen LogP contribution in [0, 0.1) is 0 Å². The summed E-state index contributed by atoms with van der Waals surface area (Å²) in [7, 11) is 1.62. The Morgan fingerprint density at radius 1 is 1.00 bits per heavy atom. The summed E-state index contributed by atoms with van der Waals surface area (Å²) in [6.07, 6.45) is 0.324. The molecule has 0 spiro atoms. The van der Waals surface area contributed by atoms with Gasteiger partial charge in [0.15, 0.2) is 0 Å². The van der Waals surface area contributed by atoms with E-state index in [2.05, 4.69) is 10.6 Å². The summed E-state index contributed by atoms with van der Waals surface area (Å²) in [4.78, 5) is 23.8. The maximum atomic E-state index is 12.0. The zero-order chi connectivity index (χ0) is 17.4. The molecular formula is C19H22N2O3. The third kappa shape index (κ3) is 5.43. The van der Waals surface area contributed by atoms with Crippen LogP contribution in [0.25, 0.3) is 0 Å². The molecule has 2 aromatic carbocycles. The van der Waals surface area contributed by atoms with Gasteiger partial charge in [0.2, 0.25) is 11.8 Å². The van der Waals surface area contributed by atoms with Crippen molar-refractivity contribution in [1.82, 2.24) is 5.32 Å². The lowest BCUT2D eigenvalue weighted by atomic mass is 9.97. The van der Waals surface area contributed by atoms with Crippen molar-refractivity contribution in [3.63, 3.8) is 0 Å². The van der Waals surface area contributed by atoms with Crippen molar-refractivity contribution in [2.45, 2.75) is 19.3 Å². The van der Waals surface area contributed by atoms with Crippen LogP contribution in [-0.4, -0.2) is 25.5 Å². The van der Waals surface area contributed by atoms with Crippen LogP contribution in [0.5, 0.6) is 5.75 Å². The molecule has 0 fully saturated rings. The van der Waals surface area contributed by atoms with Crippen molar-refractivity contribution < 1.29 is 14.3 Å². The Balaban J connectivity index is 1.76. The summed E-state index contributed by atoms with van der Waals surface area (Å²) >= 11 is 0. The van der Waals surface area contributed by atoms with Crippen LogP contribution in [0.2, 0.25) is 0 Å². The molecule has 5 nitrogen and oxygen atoms in total. The van der Waals surface area contributed by atoms with Gasteiger partial charge in [0.05, 0.1) is 13.7 Å². The number of hydrogen-bond donors (Lipinski definition) is 2. The summed E-state index contributed by atoms with van der Waals surface area (Å²) in [5.41, 5.74) is 1.77. The molecule has 2 amide bonds. The number of ether oxygens (including phenoxy) is 1. The van der Waals surface area contributed by atoms with Crippen molar-refractivity contribution >= 4 is 17.5 Å². The van der Waals surface area contributed by atoms with Gasteiger partial charge in [-0.2, -0.15) is 0 Å². The van der Waals surface area contributed by atoms with Gasteiger partial charge in [0.1, 0.15) is 5.75 Å². The molecule has 0 saturated carbocycles. The molecule has 0 aliphatic carbocycles. The lowest BCUT2D eigenvalue weighted by Crippen LogP contribution is -2.33. The number of para-hydroxylation sites is 1. The van der Waals surface area contributed by atoms with Gasteiger partial charge >= 0.3 is 0 Å². The molecule has 126 valence electrons. The van der Waals surface area contributed by atoms with Crippen molar-refractivity contribution in [1.29, 1.82) is 0 Å². The van der Waals surface area contributed by atoms with Crippen molar-refractivity contribution in [3.05, 3.63) is 60.2 Å². The molecule has 0 saturated heterocycles. The van der Waals surface area contributed by atoms with Crippen LogP contribution in [0.1, 0.15) is 24.8 Å². The predicted molar refractivity (Wildman–Crippen MR) is 94.1 cm³/mol. The number of carbonyl (C=O) groups is 2. The Morgan fingerprint density at radius 3 is 2.29 bits per heavy atom. The van der Waals surface area contributed by atoms with E-state index in [-0.39, 0.29) is 24.3 Å². The lowest BCUT2D eigenvalue weighted by Gasteiger charge is -2.13. The van der Waals surface area contributed by atoms with E-state index in [1.807, 2.05) is 49.4 Å². The largest absolute Gasteiger partial charge is 0.497 e. The van der Waals surface area contributed by atoms with Crippen molar-refractivity contribution in [3.8, 4) is 5.75 Å². The van der Waals surface area contributed by atoms with Crippen molar-refractivity contribution in [2.24, 2.45) is 0 Å². The van der Waals surface area contributed by atoms with Crippen LogP contribution in [-0.2, 0) is 9.59 Å². The quantitative estimate of drug-likeness (QED) is 0.822. The fourth-order valence-corrected chi connectivity index (χ4v) is 2.31. The van der Waals surface area contributed by atoms with E-state index >= 15 is 0 Å². The molecule has 0 aromatic heterocycles. The molecule has 24 heavy (non-hydrogen) atoms. The number of methoxy groups -OCH3 is 1. The number of hydrogen-bond acceptors (Lipinski definition) is 3. The molecule has 2 N–H and O–H groups in total. The van der Waals surface area contributed by atoms with Gasteiger partial charge in [0, 0.05) is 12.1 Å². The van der Waals surface area contributed by atoms with E-state index in [9.17, 15) is 9.59 Å². The molecule has 0 bridgehead atoms. The minimum absolute atomic E-state index is 0.0386. The van der Waals surface area contributed by atoms with E-state index in [1.165, 1.54) is 0 Å². The summed E-state index contributed by atoms with van der Waals surface area (Å²) in [6, 6.07) is 16.8. The molecular weight excluding hydrogens is 304 g/mol. The summed E-state index contributed by atoms with van der Waals surface area (Å²) in [5.74, 6) is 0.453. The Kier molecular flexibility index (Phi) is 6.37. The first-order valence-corrected chi connectivity index (χ1v) is 7.84. The lowest BCUT2D eigenvalue weighted by molar-refractivity contribution is -0.124. The Morgan fingerprint density at radius 2 is 1.67 bits per heavy atom. The smallest absolute Gasteiger partial charge is 0.243 e. The Bertz CT molecular complexity index is 669. The van der Waals surface area contributed by atoms with E-state index in [1.54, 1.807) is 19.2 Å². The maximum Gasteiger partial charge on any atom is 0.243 e. The molecule has 1 unspecified atom stereocenters. The zero-order valence-corrected chi connectivity index (χ0v) is 13.9. The molecule has 2 rings (SSSR count). The van der Waals surface area contributed by atoms with Crippen LogP contribution in [0.4, 0.5) is 5.69 Å². The maximum absolute atomic E-state index is 12.0. The predicted octanol–water partition coefficient (Wildman–Crippen LogP) is 2.94. The van der Waals surface area contributed by atoms with Crippen LogP contribution >= 0.6 is 0 Å². The first-order chi connectivity index (χ1) is 11.6. The molecule has 5 heteroatoms. The minimum atomic E-state index is -0.244. The highest BCUT2D eigenvalue weighted by Gasteiger charge is 2.12. The number of carbonyl (C=O) groups excluding carboxylic acids is 2. The van der Waals surface area contributed by atoms with Gasteiger partial charge in [-0.1, -0.05) is 37.3 Å². The number of amides is 2. The second-order valence-electron chi connectivity index (χ2n) is 5.57. The first kappa shape index (κ1) is 17.5. The van der Waals surface area contributed by atoms with Gasteiger partial charge < -0.3 is 15.4 Å². The molecule has 0 aliphatic heterocycles. The SMILES string of the molecule is COc1ccc(C(C)CC(=O)NCC(=O)Nc2ccccc2)cc1. The zero-order valence-electron chi connectivity index (χ0n) is 13.9. The molecule has 1 atom stereocenters. The number of anilines is 1. The van der Waals surface area contributed by atoms with Crippen LogP contribution in [0.15, 0.2) is 54.6 Å². The average molecular weight is 326 g/mol. The van der Waals surface area contributed by atoms with E-state index in [4.69, 9.17) is 4.74 Å². The van der Waals surface area contributed by atoms with E-state index < -0.39 is 0 Å². The second-order valence-corrected chi connectivity index (χ2v) is 5.57. The monoisotopic (exact) mass is 326 g/mol. The standard InChI is InChI=1S/C19H22N2O3/c1-14(15-8-10-17(24-2)11-9-15)12-18(22)20-13-19(23)21-16-6-4-3-5-7-16/h3-11,14H,12-13H2,1-2H3,(H,20,22)(H,21,23). The van der Waals surface area contributed by atoms with E-state index in [0.717, 1.165) is 11.3 Å². The fourth-order valence-electron chi connectivity index (χ4n) is 2.31. The van der Waals surface area contributed by atoms with Gasteiger partial charge in [-0.25, -0.2) is 0 Å². The van der Waals surface area contributed by atoms with Gasteiger partial charge in [-0.3, -0.25) is 9.59 Å². The molecule has 0 aliphatic rings. The third-order valence-electron chi connectivity index (χ3n) is 3.68. The summed E-state index contributed by atoms with van der Waals surface area (Å²) in [6.45, 7) is 1.94. The topological polar surface area (TPSA) is 67.4 Å². The van der Waals surface area contributed by atoms with Gasteiger partial charge in [-0.05, 0) is 35.7 Å². The minimum Gasteiger partial charge on any atom is -0.497 e. The average Bonchev–Trinajstić information content (AvgIpc) is 2.61. The van der Waals surface area contributed by atoms with Crippen molar-refractivity contribution in [2.75, 3.05) is 19.0 Å². The highest BCUT2D eigenvalue weighted by molar-refractivity contribution is 5.94. The fraction of sp³-hybridized carbons (Fsp3) is 0.263. The summed E-state index contributed by atoms with van der Waals surface area (Å²) in [5, 5.41) is 5.38. The highest BCUT2D eigenvalue weighted by Crippen LogP contribution is 2.21. The van der Waals surface area contributed by atoms with Gasteiger partial charge in [-0.15, -0.1) is 0 Å². The number of rotatable bonds is 7. The second kappa shape index (κ2) is 8.72. The third-order valence-corrected chi connectivity index (χ3v) is 3.68. The summed E-state index contributed by atoms with van der Waals surface area (Å²) < 4.78 is 5.12.